The fourth-order valence-corrected chi connectivity index (χ4v) is 3.38. The summed E-state index contributed by atoms with van der Waals surface area (Å²) in [6.45, 7) is 4.38. The third-order valence-corrected chi connectivity index (χ3v) is 4.81. The molecule has 0 spiro atoms. The number of ether oxygens (including phenoxy) is 1. The number of fused-ring (bicyclic) bond motifs is 1. The molecule has 1 aromatic rings. The number of methoxy groups -OCH3 is 1. The van der Waals surface area contributed by atoms with E-state index in [9.17, 15) is 5.11 Å². The molecule has 2 unspecified atom stereocenters. The number of hydrogen-bond acceptors (Lipinski definition) is 3. The van der Waals surface area contributed by atoms with Gasteiger partial charge in [0.25, 0.3) is 0 Å². The summed E-state index contributed by atoms with van der Waals surface area (Å²) < 4.78 is 5.30. The average Bonchev–Trinajstić information content (AvgIpc) is 3.29. The molecule has 0 aromatic heterocycles. The van der Waals surface area contributed by atoms with Crippen LogP contribution in [0.25, 0.3) is 0 Å². The third-order valence-electron chi connectivity index (χ3n) is 4.81. The molecule has 110 valence electrons. The van der Waals surface area contributed by atoms with E-state index in [0.29, 0.717) is 0 Å². The minimum Gasteiger partial charge on any atom is -0.497 e. The third kappa shape index (κ3) is 2.70. The number of rotatable bonds is 5. The van der Waals surface area contributed by atoms with Crippen molar-refractivity contribution >= 4 is 0 Å². The van der Waals surface area contributed by atoms with Gasteiger partial charge in [-0.05, 0) is 61.4 Å². The number of hydrogen-bond donors (Lipinski definition) is 1. The lowest BCUT2D eigenvalue weighted by atomic mass is 9.84. The van der Waals surface area contributed by atoms with Gasteiger partial charge in [-0.25, -0.2) is 0 Å². The van der Waals surface area contributed by atoms with Crippen molar-refractivity contribution in [1.29, 1.82) is 0 Å². The Morgan fingerprint density at radius 1 is 1.30 bits per heavy atom. The maximum atomic E-state index is 10.8. The van der Waals surface area contributed by atoms with Crippen LogP contribution in [-0.4, -0.2) is 36.2 Å². The predicted molar refractivity (Wildman–Crippen MR) is 80.0 cm³/mol. The number of nitrogens with zero attached hydrogens (tertiary/aromatic N) is 1. The highest BCUT2D eigenvalue weighted by molar-refractivity contribution is 5.39. The summed E-state index contributed by atoms with van der Waals surface area (Å²) in [6.07, 6.45) is 4.46. The maximum Gasteiger partial charge on any atom is 0.119 e. The molecular weight excluding hydrogens is 250 g/mol. The molecular formula is C17H25NO2. The van der Waals surface area contributed by atoms with Crippen LogP contribution >= 0.6 is 0 Å². The Bertz CT molecular complexity index is 470. The number of aryl methyl sites for hydroxylation is 1. The average molecular weight is 275 g/mol. The van der Waals surface area contributed by atoms with Gasteiger partial charge in [0.1, 0.15) is 5.75 Å². The van der Waals surface area contributed by atoms with E-state index in [1.165, 1.54) is 18.4 Å². The Labute approximate surface area is 121 Å². The minimum absolute atomic E-state index is 0.264. The van der Waals surface area contributed by atoms with Crippen LogP contribution in [-0.2, 0) is 6.42 Å². The molecule has 0 amide bonds. The Hall–Kier alpha value is -1.06. The van der Waals surface area contributed by atoms with E-state index in [-0.39, 0.29) is 12.1 Å². The smallest absolute Gasteiger partial charge is 0.119 e. The Kier molecular flexibility index (Phi) is 3.99. The second-order valence-corrected chi connectivity index (χ2v) is 6.15. The summed E-state index contributed by atoms with van der Waals surface area (Å²) in [5, 5.41) is 10.8. The first-order valence-electron chi connectivity index (χ1n) is 7.81. The topological polar surface area (TPSA) is 32.7 Å². The van der Waals surface area contributed by atoms with Crippen molar-refractivity contribution in [1.82, 2.24) is 4.90 Å². The van der Waals surface area contributed by atoms with Gasteiger partial charge in [-0.15, -0.1) is 0 Å². The van der Waals surface area contributed by atoms with Crippen LogP contribution in [0.15, 0.2) is 18.2 Å². The quantitative estimate of drug-likeness (QED) is 0.897. The number of aliphatic hydroxyl groups excluding tert-OH is 1. The lowest BCUT2D eigenvalue weighted by molar-refractivity contribution is 0.0360. The zero-order valence-electron chi connectivity index (χ0n) is 12.5. The van der Waals surface area contributed by atoms with Gasteiger partial charge in [-0.3, -0.25) is 4.90 Å². The lowest BCUT2D eigenvalue weighted by Crippen LogP contribution is -2.43. The van der Waals surface area contributed by atoms with E-state index < -0.39 is 0 Å². The van der Waals surface area contributed by atoms with Gasteiger partial charge in [0, 0.05) is 12.6 Å². The van der Waals surface area contributed by atoms with Crippen LogP contribution in [0.4, 0.5) is 0 Å². The van der Waals surface area contributed by atoms with E-state index in [1.807, 2.05) is 12.1 Å². The summed E-state index contributed by atoms with van der Waals surface area (Å²) in [5.74, 6) is 1.71. The normalized spacial score (nSPS) is 25.6. The first kappa shape index (κ1) is 13.9. The molecule has 1 aromatic carbocycles. The van der Waals surface area contributed by atoms with Crippen molar-refractivity contribution in [2.75, 3.05) is 20.2 Å². The van der Waals surface area contributed by atoms with Gasteiger partial charge in [-0.1, -0.05) is 13.0 Å². The first-order valence-corrected chi connectivity index (χ1v) is 7.81. The highest BCUT2D eigenvalue weighted by Crippen LogP contribution is 2.37. The van der Waals surface area contributed by atoms with Crippen LogP contribution in [0.5, 0.6) is 5.75 Å². The standard InChI is InChI=1S/C17H25NO2/c1-3-18(11-12-4-5-12)16-9-7-13-6-8-14(20-2)10-15(13)17(16)19/h6,8,10,12,16-17,19H,3-5,7,9,11H2,1-2H3. The fraction of sp³-hybridized carbons (Fsp3) is 0.647. The molecule has 2 atom stereocenters. The Balaban J connectivity index is 1.80. The van der Waals surface area contributed by atoms with Crippen molar-refractivity contribution in [2.24, 2.45) is 5.92 Å². The van der Waals surface area contributed by atoms with Crippen LogP contribution in [0.1, 0.15) is 43.4 Å². The van der Waals surface area contributed by atoms with E-state index in [2.05, 4.69) is 17.9 Å². The van der Waals surface area contributed by atoms with Crippen molar-refractivity contribution in [3.05, 3.63) is 29.3 Å². The molecule has 0 heterocycles. The number of benzene rings is 1. The molecule has 3 nitrogen and oxygen atoms in total. The zero-order valence-corrected chi connectivity index (χ0v) is 12.5. The van der Waals surface area contributed by atoms with E-state index in [4.69, 9.17) is 4.74 Å². The molecule has 0 radical (unpaired) electrons. The largest absolute Gasteiger partial charge is 0.497 e. The maximum absolute atomic E-state index is 10.8. The van der Waals surface area contributed by atoms with Crippen LogP contribution < -0.4 is 4.74 Å². The number of likely N-dealkylation sites (N-methyl/N-ethyl adjacent to an activating group) is 1. The zero-order chi connectivity index (χ0) is 14.1. The molecule has 0 bridgehead atoms. The summed E-state index contributed by atoms with van der Waals surface area (Å²) >= 11 is 0. The molecule has 20 heavy (non-hydrogen) atoms. The van der Waals surface area contributed by atoms with Gasteiger partial charge in [-0.2, -0.15) is 0 Å². The molecule has 3 rings (SSSR count). The van der Waals surface area contributed by atoms with E-state index >= 15 is 0 Å². The number of aliphatic hydroxyl groups is 1. The monoisotopic (exact) mass is 275 g/mol. The van der Waals surface area contributed by atoms with Crippen molar-refractivity contribution < 1.29 is 9.84 Å². The summed E-state index contributed by atoms with van der Waals surface area (Å²) in [4.78, 5) is 2.48. The highest BCUT2D eigenvalue weighted by atomic mass is 16.5. The lowest BCUT2D eigenvalue weighted by Gasteiger charge is -2.38. The van der Waals surface area contributed by atoms with Gasteiger partial charge in [0.2, 0.25) is 0 Å². The first-order chi connectivity index (χ1) is 9.72. The highest BCUT2D eigenvalue weighted by Gasteiger charge is 2.34. The second-order valence-electron chi connectivity index (χ2n) is 6.15. The van der Waals surface area contributed by atoms with Gasteiger partial charge < -0.3 is 9.84 Å². The van der Waals surface area contributed by atoms with Crippen molar-refractivity contribution in [3.8, 4) is 5.75 Å². The molecule has 3 heteroatoms. The van der Waals surface area contributed by atoms with E-state index in [0.717, 1.165) is 43.2 Å². The molecule has 0 saturated heterocycles. The fourth-order valence-electron chi connectivity index (χ4n) is 3.38. The molecule has 0 aliphatic heterocycles. The molecule has 2 aliphatic rings. The predicted octanol–water partition coefficient (Wildman–Crippen LogP) is 2.78. The SMILES string of the molecule is CCN(CC1CC1)C1CCc2ccc(OC)cc2C1O. The van der Waals surface area contributed by atoms with E-state index in [1.54, 1.807) is 7.11 Å². The van der Waals surface area contributed by atoms with Crippen molar-refractivity contribution in [3.63, 3.8) is 0 Å². The summed E-state index contributed by atoms with van der Waals surface area (Å²) in [7, 11) is 1.68. The van der Waals surface area contributed by atoms with Gasteiger partial charge >= 0.3 is 0 Å². The second kappa shape index (κ2) is 5.74. The van der Waals surface area contributed by atoms with Crippen molar-refractivity contribution in [2.45, 2.75) is 44.8 Å². The van der Waals surface area contributed by atoms with Crippen LogP contribution in [0.3, 0.4) is 0 Å². The van der Waals surface area contributed by atoms with Crippen LogP contribution in [0.2, 0.25) is 0 Å². The van der Waals surface area contributed by atoms with Crippen LogP contribution in [0, 0.1) is 5.92 Å². The van der Waals surface area contributed by atoms with Gasteiger partial charge in [0.05, 0.1) is 13.2 Å². The van der Waals surface area contributed by atoms with Gasteiger partial charge in [0.15, 0.2) is 0 Å². The molecule has 1 fully saturated rings. The Morgan fingerprint density at radius 2 is 2.10 bits per heavy atom. The summed E-state index contributed by atoms with van der Waals surface area (Å²) in [6, 6.07) is 6.37. The summed E-state index contributed by atoms with van der Waals surface area (Å²) in [5.41, 5.74) is 2.34. The Morgan fingerprint density at radius 3 is 2.75 bits per heavy atom. The molecule has 1 N–H and O–H groups in total. The minimum atomic E-state index is -0.382. The molecule has 2 aliphatic carbocycles. The molecule has 1 saturated carbocycles.